The Balaban J connectivity index is 1.52. The summed E-state index contributed by atoms with van der Waals surface area (Å²) in [5.74, 6) is -0.902. The monoisotopic (exact) mass is 581 g/mol. The first-order chi connectivity index (χ1) is 20.2. The molecule has 0 saturated heterocycles. The van der Waals surface area contributed by atoms with E-state index < -0.39 is 23.0 Å². The Morgan fingerprint density at radius 3 is 2.38 bits per heavy atom. The molecule has 1 aliphatic heterocycles. The summed E-state index contributed by atoms with van der Waals surface area (Å²) in [6.45, 7) is 1.53. The maximum Gasteiger partial charge on any atom is 0.321 e. The number of hydrogen-bond donors (Lipinski definition) is 2. The molecular formula is C31H24ClN5O5. The van der Waals surface area contributed by atoms with E-state index >= 15 is 0 Å². The maximum absolute atomic E-state index is 14.0. The molecule has 1 aliphatic rings. The number of amides is 3. The van der Waals surface area contributed by atoms with E-state index in [0.717, 1.165) is 11.6 Å². The van der Waals surface area contributed by atoms with E-state index in [0.29, 0.717) is 28.1 Å². The van der Waals surface area contributed by atoms with Crippen molar-refractivity contribution in [1.82, 2.24) is 5.32 Å². The van der Waals surface area contributed by atoms with Gasteiger partial charge in [-0.05, 0) is 24.6 Å². The summed E-state index contributed by atoms with van der Waals surface area (Å²) in [5, 5.41) is 16.1. The van der Waals surface area contributed by atoms with Crippen molar-refractivity contribution in [2.24, 2.45) is 4.99 Å². The highest BCUT2D eigenvalue weighted by Crippen LogP contribution is 2.30. The van der Waals surface area contributed by atoms with E-state index in [1.807, 2.05) is 49.4 Å². The van der Waals surface area contributed by atoms with Crippen LogP contribution in [0, 0.1) is 17.0 Å². The van der Waals surface area contributed by atoms with Crippen LogP contribution in [0.5, 0.6) is 0 Å². The van der Waals surface area contributed by atoms with Crippen LogP contribution < -0.4 is 15.5 Å². The first-order valence-corrected chi connectivity index (χ1v) is 13.2. The number of aliphatic imine (C=N–C) groups is 1. The van der Waals surface area contributed by atoms with Crippen LogP contribution in [0.25, 0.3) is 0 Å². The lowest BCUT2D eigenvalue weighted by Gasteiger charge is -2.25. The van der Waals surface area contributed by atoms with Gasteiger partial charge >= 0.3 is 6.03 Å². The van der Waals surface area contributed by atoms with Gasteiger partial charge in [0.1, 0.15) is 0 Å². The molecule has 4 aromatic carbocycles. The van der Waals surface area contributed by atoms with Crippen LogP contribution in [0.15, 0.2) is 102 Å². The summed E-state index contributed by atoms with van der Waals surface area (Å²) in [6, 6.07) is 26.2. The smallest absolute Gasteiger partial charge is 0.308 e. The Hall–Kier alpha value is -5.35. The second-order valence-electron chi connectivity index (χ2n) is 9.45. The van der Waals surface area contributed by atoms with Gasteiger partial charge in [0, 0.05) is 28.8 Å². The van der Waals surface area contributed by atoms with Gasteiger partial charge in [-0.1, -0.05) is 84.4 Å². The summed E-state index contributed by atoms with van der Waals surface area (Å²) in [7, 11) is 0. The van der Waals surface area contributed by atoms with E-state index in [1.54, 1.807) is 36.4 Å². The number of urea groups is 1. The van der Waals surface area contributed by atoms with Crippen molar-refractivity contribution in [2.45, 2.75) is 13.1 Å². The van der Waals surface area contributed by atoms with Crippen molar-refractivity contribution in [3.05, 3.63) is 134 Å². The molecule has 1 heterocycles. The molecule has 0 aromatic heterocycles. The van der Waals surface area contributed by atoms with Gasteiger partial charge in [-0.15, -0.1) is 0 Å². The van der Waals surface area contributed by atoms with E-state index in [9.17, 15) is 24.5 Å². The number of fused-ring (bicyclic) bond motifs is 1. The van der Waals surface area contributed by atoms with Crippen molar-refractivity contribution in [1.29, 1.82) is 0 Å². The highest BCUT2D eigenvalue weighted by Gasteiger charge is 2.34. The highest BCUT2D eigenvalue weighted by molar-refractivity contribution is 6.34. The number of nitro benzene ring substituents is 1. The molecule has 1 atom stereocenters. The number of halogens is 1. The second kappa shape index (κ2) is 12.0. The molecule has 0 saturated carbocycles. The van der Waals surface area contributed by atoms with Crippen molar-refractivity contribution >= 4 is 52.1 Å². The summed E-state index contributed by atoms with van der Waals surface area (Å²) >= 11 is 6.14. The van der Waals surface area contributed by atoms with Crippen LogP contribution in [0.1, 0.15) is 27.0 Å². The number of Topliss-reactive ketones (excluding diaryl/α,β-unsaturated/α-hetero) is 1. The van der Waals surface area contributed by atoms with Gasteiger partial charge < -0.3 is 15.5 Å². The number of benzodiazepines with no additional fused rings is 1. The highest BCUT2D eigenvalue weighted by atomic mass is 35.5. The molecule has 210 valence electrons. The van der Waals surface area contributed by atoms with Crippen LogP contribution in [0.3, 0.4) is 0 Å². The van der Waals surface area contributed by atoms with Gasteiger partial charge in [-0.2, -0.15) is 0 Å². The molecule has 3 amide bonds. The van der Waals surface area contributed by atoms with Crippen LogP contribution >= 0.6 is 11.6 Å². The zero-order valence-electron chi connectivity index (χ0n) is 22.3. The fourth-order valence-corrected chi connectivity index (χ4v) is 4.85. The fourth-order valence-electron chi connectivity index (χ4n) is 4.63. The van der Waals surface area contributed by atoms with E-state index in [-0.39, 0.29) is 28.7 Å². The number of anilines is 2. The number of nitrogens with zero attached hydrogens (tertiary/aromatic N) is 3. The minimum atomic E-state index is -1.42. The summed E-state index contributed by atoms with van der Waals surface area (Å²) < 4.78 is 0. The third kappa shape index (κ3) is 5.89. The number of carbonyl (C=O) groups is 3. The van der Waals surface area contributed by atoms with Crippen LogP contribution in [0.4, 0.5) is 21.9 Å². The van der Waals surface area contributed by atoms with Crippen molar-refractivity contribution in [3.63, 3.8) is 0 Å². The van der Waals surface area contributed by atoms with Crippen LogP contribution in [-0.2, 0) is 4.79 Å². The molecule has 4 aromatic rings. The van der Waals surface area contributed by atoms with Gasteiger partial charge in [-0.3, -0.25) is 19.7 Å². The Morgan fingerprint density at radius 1 is 0.976 bits per heavy atom. The molecule has 0 spiro atoms. The molecule has 0 fully saturated rings. The Bertz CT molecular complexity index is 1740. The van der Waals surface area contributed by atoms with E-state index in [2.05, 4.69) is 15.6 Å². The molecule has 5 rings (SSSR count). The lowest BCUT2D eigenvalue weighted by Crippen LogP contribution is -2.50. The minimum Gasteiger partial charge on any atom is -0.308 e. The number of ketones is 1. The number of aryl methyl sites for hydroxylation is 1. The van der Waals surface area contributed by atoms with Crippen LogP contribution in [0.2, 0.25) is 5.02 Å². The van der Waals surface area contributed by atoms with Crippen molar-refractivity contribution in [2.75, 3.05) is 16.8 Å². The number of benzene rings is 4. The van der Waals surface area contributed by atoms with Crippen LogP contribution in [-0.4, -0.2) is 41.1 Å². The zero-order valence-corrected chi connectivity index (χ0v) is 23.0. The van der Waals surface area contributed by atoms with Gasteiger partial charge in [0.25, 0.3) is 11.6 Å². The number of nitrogens with one attached hydrogen (secondary N) is 2. The van der Waals surface area contributed by atoms with E-state index in [4.69, 9.17) is 11.6 Å². The zero-order chi connectivity index (χ0) is 29.8. The predicted octanol–water partition coefficient (Wildman–Crippen LogP) is 5.77. The number of hydrogen-bond acceptors (Lipinski definition) is 6. The van der Waals surface area contributed by atoms with Gasteiger partial charge in [0.2, 0.25) is 6.17 Å². The summed E-state index contributed by atoms with van der Waals surface area (Å²) in [5.41, 5.74) is 3.34. The van der Waals surface area contributed by atoms with Crippen molar-refractivity contribution < 1.29 is 19.3 Å². The van der Waals surface area contributed by atoms with Gasteiger partial charge in [0.15, 0.2) is 5.78 Å². The SMILES string of the molecule is Cc1ccccc1C(=O)CN1C(=O)[C@H](NC(=O)Nc2ccc([N+](=O)[O-])cc2Cl)N=C(c2ccccc2)c2ccccc21. The second-order valence-corrected chi connectivity index (χ2v) is 9.85. The standard InChI is InChI=1S/C31H24ClN5O5/c1-19-9-5-6-12-22(19)27(38)18-36-26-14-8-7-13-23(26)28(20-10-3-2-4-11-20)34-29(30(36)39)35-31(40)33-25-16-15-21(37(41)42)17-24(25)32/h2-17,29H,18H2,1H3,(H2,33,35,40)/t29-/m0/s1. The molecular weight excluding hydrogens is 558 g/mol. The summed E-state index contributed by atoms with van der Waals surface area (Å²) in [6.07, 6.45) is -1.42. The molecule has 0 bridgehead atoms. The van der Waals surface area contributed by atoms with E-state index in [1.165, 1.54) is 17.0 Å². The Morgan fingerprint density at radius 2 is 1.67 bits per heavy atom. The quantitative estimate of drug-likeness (QED) is 0.162. The normalized spacial score (nSPS) is 14.3. The Kier molecular flexibility index (Phi) is 8.07. The maximum atomic E-state index is 14.0. The third-order valence-corrected chi connectivity index (χ3v) is 6.99. The molecule has 2 N–H and O–H groups in total. The predicted molar refractivity (Wildman–Crippen MR) is 160 cm³/mol. The number of rotatable bonds is 7. The molecule has 10 nitrogen and oxygen atoms in total. The number of nitro groups is 1. The average Bonchev–Trinajstić information content (AvgIpc) is 3.09. The first kappa shape index (κ1) is 28.2. The van der Waals surface area contributed by atoms with Crippen molar-refractivity contribution in [3.8, 4) is 0 Å². The topological polar surface area (TPSA) is 134 Å². The number of non-ortho nitro benzene ring substituents is 1. The molecule has 42 heavy (non-hydrogen) atoms. The molecule has 0 radical (unpaired) electrons. The first-order valence-electron chi connectivity index (χ1n) is 12.9. The third-order valence-electron chi connectivity index (χ3n) is 6.68. The molecule has 11 heteroatoms. The molecule has 0 unspecified atom stereocenters. The average molecular weight is 582 g/mol. The fraction of sp³-hybridized carbons (Fsp3) is 0.0968. The Labute approximate surface area is 245 Å². The summed E-state index contributed by atoms with van der Waals surface area (Å²) in [4.78, 5) is 57.0. The number of para-hydroxylation sites is 1. The van der Waals surface area contributed by atoms with Gasteiger partial charge in [-0.25, -0.2) is 9.79 Å². The van der Waals surface area contributed by atoms with Gasteiger partial charge in [0.05, 0.1) is 33.6 Å². The lowest BCUT2D eigenvalue weighted by atomic mass is 9.99. The largest absolute Gasteiger partial charge is 0.321 e. The lowest BCUT2D eigenvalue weighted by molar-refractivity contribution is -0.384. The molecule has 0 aliphatic carbocycles. The minimum absolute atomic E-state index is 0.0575. The number of carbonyl (C=O) groups excluding carboxylic acids is 3.